The van der Waals surface area contributed by atoms with Gasteiger partial charge >= 0.3 is 5.97 Å². The number of carbonyl (C=O) groups excluding carboxylic acids is 1. The van der Waals surface area contributed by atoms with E-state index in [4.69, 9.17) is 9.47 Å². The third kappa shape index (κ3) is 2.42. The van der Waals surface area contributed by atoms with Crippen LogP contribution in [0.4, 0.5) is 0 Å². The molecule has 1 saturated heterocycles. The van der Waals surface area contributed by atoms with Gasteiger partial charge < -0.3 is 9.47 Å². The number of carbonyl (C=O) groups is 1. The molecule has 1 heterocycles. The molecule has 0 unspecified atom stereocenters. The van der Waals surface area contributed by atoms with E-state index in [1.165, 1.54) is 0 Å². The molecule has 2 atom stereocenters. The van der Waals surface area contributed by atoms with Crippen LogP contribution in [0, 0.1) is 0 Å². The SMILES string of the molecule is CC[C@H]1OCC[C@H]1OC(=O)c1ccccc1. The lowest BCUT2D eigenvalue weighted by molar-refractivity contribution is -0.000355. The van der Waals surface area contributed by atoms with Gasteiger partial charge in [-0.25, -0.2) is 4.79 Å². The van der Waals surface area contributed by atoms with E-state index in [1.807, 2.05) is 25.1 Å². The summed E-state index contributed by atoms with van der Waals surface area (Å²) in [4.78, 5) is 11.8. The smallest absolute Gasteiger partial charge is 0.338 e. The van der Waals surface area contributed by atoms with Gasteiger partial charge in [0.05, 0.1) is 18.3 Å². The highest BCUT2D eigenvalue weighted by Gasteiger charge is 2.30. The quantitative estimate of drug-likeness (QED) is 0.734. The Morgan fingerprint density at radius 1 is 1.44 bits per heavy atom. The molecule has 1 aromatic rings. The van der Waals surface area contributed by atoms with Crippen molar-refractivity contribution in [1.82, 2.24) is 0 Å². The summed E-state index contributed by atoms with van der Waals surface area (Å²) in [6.07, 6.45) is 1.66. The molecule has 0 N–H and O–H groups in total. The molecule has 1 aliphatic heterocycles. The van der Waals surface area contributed by atoms with Crippen molar-refractivity contribution in [3.05, 3.63) is 35.9 Å². The van der Waals surface area contributed by atoms with Gasteiger partial charge in [0.1, 0.15) is 6.10 Å². The minimum absolute atomic E-state index is 0.0627. The maximum absolute atomic E-state index is 11.8. The van der Waals surface area contributed by atoms with Gasteiger partial charge in [0.25, 0.3) is 0 Å². The van der Waals surface area contributed by atoms with Crippen LogP contribution in [0.25, 0.3) is 0 Å². The van der Waals surface area contributed by atoms with Crippen LogP contribution >= 0.6 is 0 Å². The van der Waals surface area contributed by atoms with Crippen molar-refractivity contribution in [1.29, 1.82) is 0 Å². The average molecular weight is 220 g/mol. The molecule has 0 radical (unpaired) electrons. The predicted octanol–water partition coefficient (Wildman–Crippen LogP) is 2.41. The van der Waals surface area contributed by atoms with Gasteiger partial charge in [-0.3, -0.25) is 0 Å². The van der Waals surface area contributed by atoms with Crippen LogP contribution in [-0.4, -0.2) is 24.8 Å². The van der Waals surface area contributed by atoms with E-state index in [0.717, 1.165) is 12.8 Å². The minimum atomic E-state index is -0.255. The lowest BCUT2D eigenvalue weighted by atomic mass is 10.1. The van der Waals surface area contributed by atoms with Gasteiger partial charge in [0.15, 0.2) is 0 Å². The first-order valence-corrected chi connectivity index (χ1v) is 5.69. The highest BCUT2D eigenvalue weighted by atomic mass is 16.6. The fourth-order valence-corrected chi connectivity index (χ4v) is 1.92. The maximum atomic E-state index is 11.8. The Labute approximate surface area is 95.4 Å². The Morgan fingerprint density at radius 3 is 2.88 bits per heavy atom. The van der Waals surface area contributed by atoms with Crippen molar-refractivity contribution in [3.8, 4) is 0 Å². The zero-order valence-corrected chi connectivity index (χ0v) is 9.39. The van der Waals surface area contributed by atoms with E-state index in [9.17, 15) is 4.79 Å². The molecule has 0 bridgehead atoms. The van der Waals surface area contributed by atoms with Crippen LogP contribution in [0.15, 0.2) is 30.3 Å². The fraction of sp³-hybridized carbons (Fsp3) is 0.462. The first-order chi connectivity index (χ1) is 7.81. The maximum Gasteiger partial charge on any atom is 0.338 e. The minimum Gasteiger partial charge on any atom is -0.456 e. The second-order valence-corrected chi connectivity index (χ2v) is 3.92. The highest BCUT2D eigenvalue weighted by molar-refractivity contribution is 5.89. The van der Waals surface area contributed by atoms with Crippen LogP contribution in [0.3, 0.4) is 0 Å². The number of rotatable bonds is 3. The molecule has 0 aromatic heterocycles. The Morgan fingerprint density at radius 2 is 2.19 bits per heavy atom. The zero-order chi connectivity index (χ0) is 11.4. The summed E-state index contributed by atoms with van der Waals surface area (Å²) < 4.78 is 10.9. The number of benzene rings is 1. The van der Waals surface area contributed by atoms with Gasteiger partial charge in [-0.15, -0.1) is 0 Å². The second-order valence-electron chi connectivity index (χ2n) is 3.92. The van der Waals surface area contributed by atoms with E-state index >= 15 is 0 Å². The number of ether oxygens (including phenoxy) is 2. The fourth-order valence-electron chi connectivity index (χ4n) is 1.92. The summed E-state index contributed by atoms with van der Waals surface area (Å²) in [5.41, 5.74) is 0.601. The van der Waals surface area contributed by atoms with Crippen LogP contribution in [-0.2, 0) is 9.47 Å². The van der Waals surface area contributed by atoms with Crippen molar-refractivity contribution in [2.45, 2.75) is 32.0 Å². The Bertz CT molecular complexity index is 347. The molecule has 0 saturated carbocycles. The molecule has 0 aliphatic carbocycles. The molecule has 3 heteroatoms. The summed E-state index contributed by atoms with van der Waals surface area (Å²) in [7, 11) is 0. The largest absolute Gasteiger partial charge is 0.456 e. The second kappa shape index (κ2) is 5.12. The number of hydrogen-bond acceptors (Lipinski definition) is 3. The van der Waals surface area contributed by atoms with E-state index < -0.39 is 0 Å². The monoisotopic (exact) mass is 220 g/mol. The summed E-state index contributed by atoms with van der Waals surface area (Å²) in [5, 5.41) is 0. The van der Waals surface area contributed by atoms with Crippen LogP contribution in [0.5, 0.6) is 0 Å². The lowest BCUT2D eigenvalue weighted by Crippen LogP contribution is -2.26. The summed E-state index contributed by atoms with van der Waals surface area (Å²) >= 11 is 0. The van der Waals surface area contributed by atoms with E-state index in [0.29, 0.717) is 12.2 Å². The number of hydrogen-bond donors (Lipinski definition) is 0. The molecule has 1 fully saturated rings. The van der Waals surface area contributed by atoms with Gasteiger partial charge in [-0.05, 0) is 18.6 Å². The molecule has 1 aliphatic rings. The molecular formula is C13H16O3. The molecule has 3 nitrogen and oxygen atoms in total. The summed E-state index contributed by atoms with van der Waals surface area (Å²) in [6.45, 7) is 2.73. The zero-order valence-electron chi connectivity index (χ0n) is 9.39. The Hall–Kier alpha value is -1.35. The van der Waals surface area contributed by atoms with Crippen molar-refractivity contribution >= 4 is 5.97 Å². The van der Waals surface area contributed by atoms with Gasteiger partial charge in [-0.2, -0.15) is 0 Å². The molecular weight excluding hydrogens is 204 g/mol. The van der Waals surface area contributed by atoms with Gasteiger partial charge in [0.2, 0.25) is 0 Å². The normalized spacial score (nSPS) is 24.3. The van der Waals surface area contributed by atoms with Gasteiger partial charge in [0, 0.05) is 6.42 Å². The Kier molecular flexibility index (Phi) is 3.57. The van der Waals surface area contributed by atoms with Crippen molar-refractivity contribution < 1.29 is 14.3 Å². The molecule has 1 aromatic carbocycles. The number of esters is 1. The van der Waals surface area contributed by atoms with Crippen molar-refractivity contribution in [2.75, 3.05) is 6.61 Å². The van der Waals surface area contributed by atoms with E-state index in [-0.39, 0.29) is 18.2 Å². The lowest BCUT2D eigenvalue weighted by Gasteiger charge is -2.17. The van der Waals surface area contributed by atoms with E-state index in [1.54, 1.807) is 12.1 Å². The molecule has 0 spiro atoms. The average Bonchev–Trinajstić information content (AvgIpc) is 2.77. The summed E-state index contributed by atoms with van der Waals surface area (Å²) in [6, 6.07) is 9.07. The first kappa shape index (κ1) is 11.1. The van der Waals surface area contributed by atoms with Gasteiger partial charge in [-0.1, -0.05) is 25.1 Å². The molecule has 86 valence electrons. The third-order valence-corrected chi connectivity index (χ3v) is 2.82. The topological polar surface area (TPSA) is 35.5 Å². The first-order valence-electron chi connectivity index (χ1n) is 5.69. The van der Waals surface area contributed by atoms with Crippen molar-refractivity contribution in [3.63, 3.8) is 0 Å². The Balaban J connectivity index is 1.97. The highest BCUT2D eigenvalue weighted by Crippen LogP contribution is 2.20. The van der Waals surface area contributed by atoms with E-state index in [2.05, 4.69) is 0 Å². The standard InChI is InChI=1S/C13H16O3/c1-2-11-12(8-9-15-11)16-13(14)10-6-4-3-5-7-10/h3-7,11-12H,2,8-9H2,1H3/t11-,12-/m1/s1. The molecule has 2 rings (SSSR count). The van der Waals surface area contributed by atoms with Crippen molar-refractivity contribution in [2.24, 2.45) is 0 Å². The predicted molar refractivity (Wildman–Crippen MR) is 60.3 cm³/mol. The van der Waals surface area contributed by atoms with Crippen LogP contribution in [0.2, 0.25) is 0 Å². The van der Waals surface area contributed by atoms with Crippen LogP contribution < -0.4 is 0 Å². The summed E-state index contributed by atoms with van der Waals surface area (Å²) in [5.74, 6) is -0.255. The van der Waals surface area contributed by atoms with Crippen LogP contribution in [0.1, 0.15) is 30.1 Å². The molecule has 0 amide bonds. The molecule has 16 heavy (non-hydrogen) atoms. The third-order valence-electron chi connectivity index (χ3n) is 2.82.